The minimum absolute atomic E-state index is 0.293. The van der Waals surface area contributed by atoms with E-state index in [0.29, 0.717) is 23.4 Å². The maximum absolute atomic E-state index is 6.61. The molecule has 21 heavy (non-hydrogen) atoms. The first-order valence-electron chi connectivity index (χ1n) is 8.59. The molecule has 2 N–H and O–H groups in total. The van der Waals surface area contributed by atoms with Crippen molar-refractivity contribution in [3.8, 4) is 0 Å². The van der Waals surface area contributed by atoms with E-state index in [9.17, 15) is 0 Å². The molecule has 3 rings (SSSR count). The molecule has 1 saturated carbocycles. The smallest absolute Gasteiger partial charge is 0.0401 e. The van der Waals surface area contributed by atoms with Crippen LogP contribution in [0.3, 0.4) is 0 Å². The number of hydrogen-bond donors (Lipinski definition) is 1. The molecule has 1 fully saturated rings. The van der Waals surface area contributed by atoms with Crippen LogP contribution in [0.1, 0.15) is 52.0 Å². The van der Waals surface area contributed by atoms with Gasteiger partial charge in [-0.25, -0.2) is 0 Å². The Labute approximate surface area is 129 Å². The number of anilines is 1. The fourth-order valence-corrected chi connectivity index (χ4v) is 4.30. The molecule has 0 aromatic heterocycles. The molecule has 0 saturated heterocycles. The topological polar surface area (TPSA) is 29.3 Å². The molecule has 1 aromatic rings. The minimum atomic E-state index is 0.293. The van der Waals surface area contributed by atoms with Gasteiger partial charge in [0, 0.05) is 24.3 Å². The molecule has 0 radical (unpaired) electrons. The molecule has 1 aliphatic heterocycles. The lowest BCUT2D eigenvalue weighted by Crippen LogP contribution is -2.52. The van der Waals surface area contributed by atoms with Crippen molar-refractivity contribution < 1.29 is 0 Å². The number of aryl methyl sites for hydroxylation is 1. The molecule has 0 spiro atoms. The zero-order valence-electron chi connectivity index (χ0n) is 13.8. The third-order valence-corrected chi connectivity index (χ3v) is 5.90. The number of nitrogens with two attached hydrogens (primary N) is 1. The maximum atomic E-state index is 6.61. The predicted octanol–water partition coefficient (Wildman–Crippen LogP) is 3.98. The van der Waals surface area contributed by atoms with Crippen molar-refractivity contribution >= 4 is 5.69 Å². The molecule has 3 atom stereocenters. The largest absolute Gasteiger partial charge is 0.368 e. The van der Waals surface area contributed by atoms with Crippen molar-refractivity contribution in [2.24, 2.45) is 17.1 Å². The van der Waals surface area contributed by atoms with Gasteiger partial charge in [-0.3, -0.25) is 0 Å². The van der Waals surface area contributed by atoms with Gasteiger partial charge in [-0.05, 0) is 55.6 Å². The van der Waals surface area contributed by atoms with Gasteiger partial charge in [-0.15, -0.1) is 0 Å². The number of hydrogen-bond acceptors (Lipinski definition) is 2. The van der Waals surface area contributed by atoms with E-state index in [1.807, 2.05) is 0 Å². The van der Waals surface area contributed by atoms with Crippen LogP contribution in [-0.2, 0) is 6.42 Å². The summed E-state index contributed by atoms with van der Waals surface area (Å²) >= 11 is 0. The number of benzene rings is 1. The fourth-order valence-electron chi connectivity index (χ4n) is 4.30. The lowest BCUT2D eigenvalue weighted by Gasteiger charge is -2.46. The van der Waals surface area contributed by atoms with Crippen LogP contribution in [0.4, 0.5) is 5.69 Å². The maximum Gasteiger partial charge on any atom is 0.0401 e. The summed E-state index contributed by atoms with van der Waals surface area (Å²) in [5.74, 6) is 0.627. The van der Waals surface area contributed by atoms with Crippen LogP contribution in [0.5, 0.6) is 0 Å². The van der Waals surface area contributed by atoms with E-state index in [2.05, 4.69) is 49.9 Å². The summed E-state index contributed by atoms with van der Waals surface area (Å²) in [6.45, 7) is 8.19. The highest BCUT2D eigenvalue weighted by Crippen LogP contribution is 2.40. The molecule has 2 nitrogen and oxygen atoms in total. The summed E-state index contributed by atoms with van der Waals surface area (Å²) < 4.78 is 0. The van der Waals surface area contributed by atoms with Crippen molar-refractivity contribution in [1.82, 2.24) is 0 Å². The lowest BCUT2D eigenvalue weighted by molar-refractivity contribution is 0.140. The highest BCUT2D eigenvalue weighted by atomic mass is 15.2. The molecule has 2 aliphatic rings. The van der Waals surface area contributed by atoms with Gasteiger partial charge in [0.1, 0.15) is 0 Å². The second kappa shape index (κ2) is 5.64. The van der Waals surface area contributed by atoms with Gasteiger partial charge in [0.2, 0.25) is 0 Å². The third-order valence-electron chi connectivity index (χ3n) is 5.90. The van der Waals surface area contributed by atoms with Crippen LogP contribution < -0.4 is 10.6 Å². The second-order valence-corrected chi connectivity index (χ2v) is 7.84. The molecule has 1 heterocycles. The lowest BCUT2D eigenvalue weighted by atomic mass is 9.68. The Hall–Kier alpha value is -1.02. The van der Waals surface area contributed by atoms with E-state index in [0.717, 1.165) is 6.54 Å². The summed E-state index contributed by atoms with van der Waals surface area (Å²) in [5, 5.41) is 0. The van der Waals surface area contributed by atoms with Crippen molar-refractivity contribution in [1.29, 1.82) is 0 Å². The molecule has 0 amide bonds. The Bertz CT molecular complexity index is 494. The van der Waals surface area contributed by atoms with Crippen LogP contribution >= 0.6 is 0 Å². The van der Waals surface area contributed by atoms with Gasteiger partial charge in [0.05, 0.1) is 0 Å². The molecular formula is C19H30N2. The Morgan fingerprint density at radius 1 is 1.24 bits per heavy atom. The molecule has 2 heteroatoms. The van der Waals surface area contributed by atoms with Gasteiger partial charge in [0.15, 0.2) is 0 Å². The summed E-state index contributed by atoms with van der Waals surface area (Å²) in [6, 6.07) is 9.89. The van der Waals surface area contributed by atoms with Gasteiger partial charge in [-0.2, -0.15) is 0 Å². The SMILES string of the molecule is CC1CCc2ccccc2N1CC1CCCC(C)(C)C1N. The molecule has 3 unspecified atom stereocenters. The van der Waals surface area contributed by atoms with E-state index < -0.39 is 0 Å². The number of para-hydroxylation sites is 1. The molecule has 1 aromatic carbocycles. The highest BCUT2D eigenvalue weighted by Gasteiger charge is 2.38. The minimum Gasteiger partial charge on any atom is -0.368 e. The number of fused-ring (bicyclic) bond motifs is 1. The van der Waals surface area contributed by atoms with E-state index >= 15 is 0 Å². The molecular weight excluding hydrogens is 256 g/mol. The molecule has 0 bridgehead atoms. The predicted molar refractivity (Wildman–Crippen MR) is 90.7 cm³/mol. The van der Waals surface area contributed by atoms with Crippen molar-refractivity contribution in [3.63, 3.8) is 0 Å². The van der Waals surface area contributed by atoms with Crippen LogP contribution in [0.15, 0.2) is 24.3 Å². The normalized spacial score (nSPS) is 31.8. The Balaban J connectivity index is 1.81. The van der Waals surface area contributed by atoms with Crippen LogP contribution in [0.2, 0.25) is 0 Å². The highest BCUT2D eigenvalue weighted by molar-refractivity contribution is 5.56. The quantitative estimate of drug-likeness (QED) is 0.891. The average Bonchev–Trinajstić information content (AvgIpc) is 2.46. The van der Waals surface area contributed by atoms with E-state index in [1.54, 1.807) is 0 Å². The first-order valence-corrected chi connectivity index (χ1v) is 8.59. The monoisotopic (exact) mass is 286 g/mol. The van der Waals surface area contributed by atoms with Gasteiger partial charge in [-0.1, -0.05) is 38.5 Å². The zero-order valence-corrected chi connectivity index (χ0v) is 13.8. The standard InChI is InChI=1S/C19H30N2/c1-14-10-11-15-7-4-5-9-17(15)21(14)13-16-8-6-12-19(2,3)18(16)20/h4-5,7,9,14,16,18H,6,8,10-13,20H2,1-3H3. The van der Waals surface area contributed by atoms with Crippen molar-refractivity contribution in [2.45, 2.75) is 65.0 Å². The molecule has 1 aliphatic carbocycles. The Morgan fingerprint density at radius 3 is 2.81 bits per heavy atom. The first kappa shape index (κ1) is 14.9. The molecule has 116 valence electrons. The van der Waals surface area contributed by atoms with Crippen molar-refractivity contribution in [2.75, 3.05) is 11.4 Å². The van der Waals surface area contributed by atoms with Gasteiger partial charge < -0.3 is 10.6 Å². The van der Waals surface area contributed by atoms with Crippen LogP contribution in [0, 0.1) is 11.3 Å². The number of rotatable bonds is 2. The van der Waals surface area contributed by atoms with E-state index in [-0.39, 0.29) is 0 Å². The summed E-state index contributed by atoms with van der Waals surface area (Å²) in [4.78, 5) is 2.63. The second-order valence-electron chi connectivity index (χ2n) is 7.84. The average molecular weight is 286 g/mol. The third kappa shape index (κ3) is 2.83. The van der Waals surface area contributed by atoms with Gasteiger partial charge >= 0.3 is 0 Å². The number of nitrogens with zero attached hydrogens (tertiary/aromatic N) is 1. The zero-order chi connectivity index (χ0) is 15.0. The summed E-state index contributed by atoms with van der Waals surface area (Å²) in [7, 11) is 0. The van der Waals surface area contributed by atoms with Crippen molar-refractivity contribution in [3.05, 3.63) is 29.8 Å². The van der Waals surface area contributed by atoms with Crippen LogP contribution in [0.25, 0.3) is 0 Å². The van der Waals surface area contributed by atoms with E-state index in [4.69, 9.17) is 5.73 Å². The summed E-state index contributed by atoms with van der Waals surface area (Å²) in [5.41, 5.74) is 9.87. The van der Waals surface area contributed by atoms with Gasteiger partial charge in [0.25, 0.3) is 0 Å². The Morgan fingerprint density at radius 2 is 2.00 bits per heavy atom. The summed E-state index contributed by atoms with van der Waals surface area (Å²) in [6.07, 6.45) is 6.38. The fraction of sp³-hybridized carbons (Fsp3) is 0.684. The Kier molecular flexibility index (Phi) is 4.00. The van der Waals surface area contributed by atoms with E-state index in [1.165, 1.54) is 43.4 Å². The first-order chi connectivity index (χ1) is 9.99. The van der Waals surface area contributed by atoms with Crippen LogP contribution in [-0.4, -0.2) is 18.6 Å².